The topological polar surface area (TPSA) is 161 Å². The number of benzene rings is 1. The van der Waals surface area contributed by atoms with E-state index < -0.39 is 29.3 Å². The molecule has 0 unspecified atom stereocenters. The fourth-order valence-corrected chi connectivity index (χ4v) is 2.84. The highest BCUT2D eigenvalue weighted by Gasteiger charge is 2.24. The van der Waals surface area contributed by atoms with Gasteiger partial charge >= 0.3 is 11.7 Å². The highest BCUT2D eigenvalue weighted by atomic mass is 16.6. The number of carboxylic acids is 1. The van der Waals surface area contributed by atoms with Crippen LogP contribution in [0.15, 0.2) is 33.5 Å². The summed E-state index contributed by atoms with van der Waals surface area (Å²) in [7, 11) is 0. The van der Waals surface area contributed by atoms with Crippen LogP contribution in [0.5, 0.6) is 0 Å². The standard InChI is InChI=1S/C21H29N3O5.C2H4O2/c1-13-11-18(25)28-17-12-14(8-9-15(13)17)23-19(26)16(7-5-6-10-22)24-20(27)29-21(2,3)4;1-2(3)4/h8-9,11-12,16H,5-7,10,22H2,1-4H3,(H,23,26)(H,24,27);1H3,(H,3,4)/t16-;/m0./s1. The Labute approximate surface area is 192 Å². The molecule has 0 aliphatic rings. The number of aliphatic carboxylic acids is 1. The Bertz CT molecular complexity index is 1020. The predicted octanol–water partition coefficient (Wildman–Crippen LogP) is 3.15. The van der Waals surface area contributed by atoms with Crippen LogP contribution in [0.3, 0.4) is 0 Å². The highest BCUT2D eigenvalue weighted by Crippen LogP contribution is 2.21. The Morgan fingerprint density at radius 3 is 2.39 bits per heavy atom. The molecular formula is C23H33N3O7. The van der Waals surface area contributed by atoms with E-state index in [-0.39, 0.29) is 5.91 Å². The third-order valence-corrected chi connectivity index (χ3v) is 4.17. The monoisotopic (exact) mass is 463 g/mol. The van der Waals surface area contributed by atoms with Gasteiger partial charge in [0, 0.05) is 30.1 Å². The molecule has 10 heteroatoms. The third kappa shape index (κ3) is 10.6. The zero-order chi connectivity index (χ0) is 25.2. The van der Waals surface area contributed by atoms with Crippen molar-refractivity contribution in [2.75, 3.05) is 11.9 Å². The van der Waals surface area contributed by atoms with Crippen LogP contribution in [0.25, 0.3) is 11.0 Å². The molecule has 0 spiro atoms. The lowest BCUT2D eigenvalue weighted by Crippen LogP contribution is -2.45. The number of carboxylic acid groups (broad SMARTS) is 1. The minimum absolute atomic E-state index is 0.382. The molecule has 2 amide bonds. The molecule has 0 radical (unpaired) electrons. The number of carbonyl (C=O) groups excluding carboxylic acids is 2. The summed E-state index contributed by atoms with van der Waals surface area (Å²) in [4.78, 5) is 45.5. The van der Waals surface area contributed by atoms with Crippen LogP contribution >= 0.6 is 0 Å². The number of hydrogen-bond acceptors (Lipinski definition) is 7. The minimum atomic E-state index is -0.833. The molecule has 1 aromatic heterocycles. The molecule has 10 nitrogen and oxygen atoms in total. The maximum Gasteiger partial charge on any atom is 0.408 e. The molecule has 2 aromatic rings. The number of fused-ring (bicyclic) bond motifs is 1. The van der Waals surface area contributed by atoms with Gasteiger partial charge < -0.3 is 30.6 Å². The van der Waals surface area contributed by atoms with Crippen molar-refractivity contribution in [2.45, 2.75) is 65.5 Å². The molecule has 1 heterocycles. The van der Waals surface area contributed by atoms with Crippen LogP contribution in [-0.4, -0.2) is 41.3 Å². The van der Waals surface area contributed by atoms with Gasteiger partial charge in [0.2, 0.25) is 5.91 Å². The second-order valence-corrected chi connectivity index (χ2v) is 8.45. The van der Waals surface area contributed by atoms with Crippen molar-refractivity contribution in [1.82, 2.24) is 5.32 Å². The first-order valence-electron chi connectivity index (χ1n) is 10.6. The van der Waals surface area contributed by atoms with Crippen molar-refractivity contribution in [3.05, 3.63) is 40.2 Å². The van der Waals surface area contributed by atoms with Crippen molar-refractivity contribution in [3.63, 3.8) is 0 Å². The van der Waals surface area contributed by atoms with E-state index in [0.29, 0.717) is 30.7 Å². The molecule has 182 valence electrons. The molecule has 0 saturated carbocycles. The van der Waals surface area contributed by atoms with E-state index in [9.17, 15) is 14.4 Å². The summed E-state index contributed by atoms with van der Waals surface area (Å²) in [6.07, 6.45) is 1.17. The fraction of sp³-hybridized carbons (Fsp3) is 0.478. The van der Waals surface area contributed by atoms with Crippen LogP contribution in [0.2, 0.25) is 0 Å². The number of carbonyl (C=O) groups is 3. The number of nitrogens with one attached hydrogen (secondary N) is 2. The summed E-state index contributed by atoms with van der Waals surface area (Å²) in [5.74, 6) is -1.22. The van der Waals surface area contributed by atoms with E-state index in [1.165, 1.54) is 6.07 Å². The fourth-order valence-electron chi connectivity index (χ4n) is 2.84. The van der Waals surface area contributed by atoms with Gasteiger partial charge in [-0.1, -0.05) is 0 Å². The first-order chi connectivity index (χ1) is 15.3. The third-order valence-electron chi connectivity index (χ3n) is 4.17. The summed E-state index contributed by atoms with van der Waals surface area (Å²) in [6.45, 7) is 8.66. The average molecular weight is 464 g/mol. The van der Waals surface area contributed by atoms with E-state index in [1.54, 1.807) is 39.0 Å². The van der Waals surface area contributed by atoms with E-state index in [0.717, 1.165) is 24.3 Å². The van der Waals surface area contributed by atoms with Gasteiger partial charge in [-0.15, -0.1) is 0 Å². The summed E-state index contributed by atoms with van der Waals surface area (Å²) in [5.41, 5.74) is 6.04. The first kappa shape index (κ1) is 27.6. The molecule has 1 atom stereocenters. The number of nitrogens with two attached hydrogens (primary N) is 1. The highest BCUT2D eigenvalue weighted by molar-refractivity contribution is 5.98. The van der Waals surface area contributed by atoms with Crippen LogP contribution in [0, 0.1) is 6.92 Å². The van der Waals surface area contributed by atoms with E-state index in [4.69, 9.17) is 24.8 Å². The van der Waals surface area contributed by atoms with E-state index >= 15 is 0 Å². The molecule has 0 bridgehead atoms. The van der Waals surface area contributed by atoms with E-state index in [1.807, 2.05) is 6.92 Å². The lowest BCUT2D eigenvalue weighted by molar-refractivity contribution is -0.134. The average Bonchev–Trinajstić information content (AvgIpc) is 2.65. The Balaban J connectivity index is 0.00000125. The SMILES string of the molecule is CC(=O)O.Cc1cc(=O)oc2cc(NC(=O)[C@H](CCCCN)NC(=O)OC(C)(C)C)ccc12. The Hall–Kier alpha value is -3.40. The van der Waals surface area contributed by atoms with Crippen molar-refractivity contribution in [3.8, 4) is 0 Å². The molecule has 5 N–H and O–H groups in total. The zero-order valence-electron chi connectivity index (χ0n) is 19.7. The van der Waals surface area contributed by atoms with Gasteiger partial charge in [-0.3, -0.25) is 9.59 Å². The van der Waals surface area contributed by atoms with Crippen LogP contribution in [0.4, 0.5) is 10.5 Å². The molecule has 1 aromatic carbocycles. The number of aryl methyl sites for hydroxylation is 1. The zero-order valence-corrected chi connectivity index (χ0v) is 19.7. The summed E-state index contributed by atoms with van der Waals surface area (Å²) < 4.78 is 10.5. The Kier molecular flexibility index (Phi) is 10.5. The Morgan fingerprint density at radius 1 is 1.18 bits per heavy atom. The van der Waals surface area contributed by atoms with Gasteiger partial charge in [0.05, 0.1) is 0 Å². The molecule has 0 aliphatic heterocycles. The largest absolute Gasteiger partial charge is 0.481 e. The molecule has 0 fully saturated rings. The minimum Gasteiger partial charge on any atom is -0.481 e. The molecule has 0 saturated heterocycles. The normalized spacial score (nSPS) is 11.7. The number of amides is 2. The van der Waals surface area contributed by atoms with Gasteiger partial charge in [0.25, 0.3) is 5.97 Å². The maximum atomic E-state index is 12.8. The number of hydrogen-bond donors (Lipinski definition) is 4. The van der Waals surface area contributed by atoms with Crippen LogP contribution in [-0.2, 0) is 14.3 Å². The van der Waals surface area contributed by atoms with Crippen molar-refractivity contribution in [2.24, 2.45) is 5.73 Å². The number of anilines is 1. The van der Waals surface area contributed by atoms with Gasteiger partial charge in [-0.05, 0) is 71.2 Å². The summed E-state index contributed by atoms with van der Waals surface area (Å²) >= 11 is 0. The van der Waals surface area contributed by atoms with Crippen LogP contribution < -0.4 is 22.0 Å². The number of unbranched alkanes of at least 4 members (excludes halogenated alkanes) is 1. The van der Waals surface area contributed by atoms with Crippen molar-refractivity contribution in [1.29, 1.82) is 0 Å². The maximum absolute atomic E-state index is 12.8. The van der Waals surface area contributed by atoms with Gasteiger partial charge in [-0.2, -0.15) is 0 Å². The molecule has 33 heavy (non-hydrogen) atoms. The lowest BCUT2D eigenvalue weighted by Gasteiger charge is -2.23. The molecule has 2 rings (SSSR count). The second kappa shape index (κ2) is 12.6. The van der Waals surface area contributed by atoms with Crippen LogP contribution in [0.1, 0.15) is 52.5 Å². The summed E-state index contributed by atoms with van der Waals surface area (Å²) in [5, 5.41) is 13.6. The molecule has 0 aliphatic carbocycles. The first-order valence-corrected chi connectivity index (χ1v) is 10.6. The predicted molar refractivity (Wildman–Crippen MR) is 125 cm³/mol. The number of ether oxygens (including phenoxy) is 1. The summed E-state index contributed by atoms with van der Waals surface area (Å²) in [6, 6.07) is 5.72. The van der Waals surface area contributed by atoms with Gasteiger partial charge in [-0.25, -0.2) is 9.59 Å². The van der Waals surface area contributed by atoms with E-state index in [2.05, 4.69) is 10.6 Å². The number of rotatable bonds is 7. The van der Waals surface area contributed by atoms with Crippen molar-refractivity contribution < 1.29 is 28.6 Å². The van der Waals surface area contributed by atoms with Crippen molar-refractivity contribution >= 4 is 34.6 Å². The van der Waals surface area contributed by atoms with Gasteiger partial charge in [0.15, 0.2) is 0 Å². The smallest absolute Gasteiger partial charge is 0.408 e. The van der Waals surface area contributed by atoms with Gasteiger partial charge in [0.1, 0.15) is 17.2 Å². The molecular weight excluding hydrogens is 430 g/mol. The lowest BCUT2D eigenvalue weighted by atomic mass is 10.1. The Morgan fingerprint density at radius 2 is 1.82 bits per heavy atom. The number of alkyl carbamates (subject to hydrolysis) is 1. The second-order valence-electron chi connectivity index (χ2n) is 8.45. The quantitative estimate of drug-likeness (QED) is 0.360.